The van der Waals surface area contributed by atoms with Gasteiger partial charge in [0.05, 0.1) is 19.8 Å². The summed E-state index contributed by atoms with van der Waals surface area (Å²) in [6.07, 6.45) is 6.30. The van der Waals surface area contributed by atoms with Crippen LogP contribution in [0.1, 0.15) is 64.9 Å². The fraction of sp³-hybridized carbons (Fsp3) is 0.789. The third-order valence-corrected chi connectivity index (χ3v) is 12.7. The highest BCUT2D eigenvalue weighted by Crippen LogP contribution is 2.60. The SMILES string of the molecule is COC(=O)[C@H](Cc1ccc(N(CCCl)CCCl)cc1)NC(=O)CN1CCN(CCC[C@H]2O[C@@H]3OC4(C)CCC5[C@H](C)CC[C@@H]([C@H]2C)C53OO4)CC1. The third kappa shape index (κ3) is 8.67. The van der Waals surface area contributed by atoms with E-state index < -0.39 is 23.4 Å². The molecule has 5 heterocycles. The average Bonchev–Trinajstić information content (AvgIpc) is 3.36. The van der Waals surface area contributed by atoms with E-state index in [4.69, 9.17) is 47.2 Å². The van der Waals surface area contributed by atoms with Gasteiger partial charge in [-0.15, -0.1) is 23.2 Å². The summed E-state index contributed by atoms with van der Waals surface area (Å²) in [5.41, 5.74) is 1.43. The lowest BCUT2D eigenvalue weighted by molar-refractivity contribution is -0.571. The molecule has 1 aliphatic carbocycles. The first-order valence-electron chi connectivity index (χ1n) is 19.1. The van der Waals surface area contributed by atoms with Crippen molar-refractivity contribution in [2.75, 3.05) is 76.1 Å². The standard InChI is InChI=1S/C38H58Cl2N4O7/c1-26-7-12-31-27(2)33(48-36-38(31)30(26)13-14-37(3,49-36)50-51-38)6-5-17-42-20-22-43(23-21-42)25-34(45)41-32(35(46)47-4)24-28-8-10-29(11-9-28)44(18-15-39)19-16-40/h8-11,26-27,30-33,36H,5-7,12-25H2,1-4H3,(H,41,45)/t26-,27-,30?,31+,32+,33-,36-,37?,38?/m1/s1. The van der Waals surface area contributed by atoms with Gasteiger partial charge >= 0.3 is 5.97 Å². The highest BCUT2D eigenvalue weighted by Gasteiger charge is 2.69. The number of rotatable bonds is 15. The Morgan fingerprint density at radius 2 is 1.71 bits per heavy atom. The molecule has 286 valence electrons. The minimum absolute atomic E-state index is 0.123. The van der Waals surface area contributed by atoms with Gasteiger partial charge in [-0.1, -0.05) is 26.0 Å². The molecule has 2 bridgehead atoms. The molecule has 7 rings (SSSR count). The summed E-state index contributed by atoms with van der Waals surface area (Å²) in [6, 6.07) is 7.15. The Balaban J connectivity index is 0.943. The number of benzene rings is 1. The second kappa shape index (κ2) is 17.2. The molecule has 6 fully saturated rings. The number of carbonyl (C=O) groups excluding carboxylic acids is 2. The summed E-state index contributed by atoms with van der Waals surface area (Å²) < 4.78 is 18.4. The van der Waals surface area contributed by atoms with E-state index in [2.05, 4.69) is 33.9 Å². The molecule has 51 heavy (non-hydrogen) atoms. The van der Waals surface area contributed by atoms with E-state index in [1.165, 1.54) is 13.5 Å². The molecule has 13 heteroatoms. The van der Waals surface area contributed by atoms with E-state index in [0.717, 1.165) is 76.1 Å². The van der Waals surface area contributed by atoms with Crippen molar-refractivity contribution in [3.05, 3.63) is 29.8 Å². The van der Waals surface area contributed by atoms with Crippen LogP contribution in [0.4, 0.5) is 5.69 Å². The van der Waals surface area contributed by atoms with Crippen LogP contribution >= 0.6 is 23.2 Å². The smallest absolute Gasteiger partial charge is 0.328 e. The van der Waals surface area contributed by atoms with Crippen molar-refractivity contribution >= 4 is 40.8 Å². The van der Waals surface area contributed by atoms with Crippen LogP contribution in [0.15, 0.2) is 24.3 Å². The molecule has 1 aromatic rings. The largest absolute Gasteiger partial charge is 0.467 e. The van der Waals surface area contributed by atoms with Crippen LogP contribution in [0, 0.1) is 23.7 Å². The van der Waals surface area contributed by atoms with Gasteiger partial charge in [0, 0.05) is 75.5 Å². The maximum Gasteiger partial charge on any atom is 0.328 e. The Labute approximate surface area is 313 Å². The molecule has 1 spiro atoms. The normalized spacial score (nSPS) is 34.3. The summed E-state index contributed by atoms with van der Waals surface area (Å²) in [4.78, 5) is 44.8. The maximum atomic E-state index is 13.1. The first-order chi connectivity index (χ1) is 24.6. The molecular weight excluding hydrogens is 695 g/mol. The molecule has 1 aromatic carbocycles. The first kappa shape index (κ1) is 39.0. The van der Waals surface area contributed by atoms with Crippen LogP contribution in [0.3, 0.4) is 0 Å². The Morgan fingerprint density at radius 1 is 1.00 bits per heavy atom. The van der Waals surface area contributed by atoms with E-state index in [9.17, 15) is 9.59 Å². The van der Waals surface area contributed by atoms with Crippen molar-refractivity contribution in [3.8, 4) is 0 Å². The van der Waals surface area contributed by atoms with Gasteiger partial charge in [0.1, 0.15) is 6.04 Å². The Kier molecular flexibility index (Phi) is 13.1. The highest BCUT2D eigenvalue weighted by molar-refractivity contribution is 6.18. The lowest BCUT2D eigenvalue weighted by atomic mass is 9.57. The summed E-state index contributed by atoms with van der Waals surface area (Å²) in [5.74, 6) is 1.29. The van der Waals surface area contributed by atoms with Gasteiger partial charge in [-0.25, -0.2) is 14.6 Å². The monoisotopic (exact) mass is 752 g/mol. The Morgan fingerprint density at radius 3 is 2.39 bits per heavy atom. The molecular formula is C38H58Cl2N4O7. The van der Waals surface area contributed by atoms with Gasteiger partial charge < -0.3 is 29.3 Å². The molecule has 1 amide bonds. The summed E-state index contributed by atoms with van der Waals surface area (Å²) in [6.45, 7) is 12.7. The number of alkyl halides is 2. The number of piperazine rings is 1. The second-order valence-electron chi connectivity index (χ2n) is 15.6. The summed E-state index contributed by atoms with van der Waals surface area (Å²) in [5, 5.41) is 2.93. The molecule has 9 atom stereocenters. The Bertz CT molecular complexity index is 1310. The number of esters is 1. The molecule has 1 saturated carbocycles. The van der Waals surface area contributed by atoms with Gasteiger partial charge in [0.15, 0.2) is 11.9 Å². The number of carbonyl (C=O) groups is 2. The zero-order chi connectivity index (χ0) is 36.2. The molecule has 0 aromatic heterocycles. The van der Waals surface area contributed by atoms with Gasteiger partial charge in [-0.05, 0) is 81.0 Å². The molecule has 5 saturated heterocycles. The van der Waals surface area contributed by atoms with Gasteiger partial charge in [0.2, 0.25) is 11.7 Å². The van der Waals surface area contributed by atoms with Crippen LogP contribution in [-0.4, -0.2) is 123 Å². The zero-order valence-electron chi connectivity index (χ0n) is 30.8. The van der Waals surface area contributed by atoms with Gasteiger partial charge in [-0.2, -0.15) is 0 Å². The highest BCUT2D eigenvalue weighted by atomic mass is 35.5. The van der Waals surface area contributed by atoms with E-state index in [1.54, 1.807) is 0 Å². The van der Waals surface area contributed by atoms with Crippen molar-refractivity contribution in [2.45, 2.75) is 95.5 Å². The summed E-state index contributed by atoms with van der Waals surface area (Å²) >= 11 is 11.9. The number of hydrogen-bond acceptors (Lipinski definition) is 10. The van der Waals surface area contributed by atoms with Crippen LogP contribution < -0.4 is 10.2 Å². The third-order valence-electron chi connectivity index (χ3n) is 12.4. The van der Waals surface area contributed by atoms with E-state index in [0.29, 0.717) is 54.9 Å². The number of fused-ring (bicyclic) bond motifs is 2. The number of ether oxygens (including phenoxy) is 3. The lowest BCUT2D eigenvalue weighted by Crippen LogP contribution is -2.70. The van der Waals surface area contributed by atoms with Crippen molar-refractivity contribution in [1.29, 1.82) is 0 Å². The van der Waals surface area contributed by atoms with Crippen LogP contribution in [0.5, 0.6) is 0 Å². The molecule has 0 radical (unpaired) electrons. The minimum atomic E-state index is -0.765. The number of nitrogens with one attached hydrogen (secondary N) is 1. The van der Waals surface area contributed by atoms with E-state index in [1.807, 2.05) is 31.2 Å². The minimum Gasteiger partial charge on any atom is -0.467 e. The van der Waals surface area contributed by atoms with Crippen LogP contribution in [0.25, 0.3) is 0 Å². The topological polar surface area (TPSA) is 102 Å². The maximum absolute atomic E-state index is 13.1. The predicted octanol–water partition coefficient (Wildman–Crippen LogP) is 4.82. The zero-order valence-corrected chi connectivity index (χ0v) is 32.3. The van der Waals surface area contributed by atoms with Crippen LogP contribution in [0.2, 0.25) is 0 Å². The Hall–Kier alpha value is -1.70. The predicted molar refractivity (Wildman–Crippen MR) is 197 cm³/mol. The number of halogens is 2. The molecule has 1 N–H and O–H groups in total. The lowest BCUT2D eigenvalue weighted by Gasteiger charge is -2.60. The molecule has 11 nitrogen and oxygen atoms in total. The summed E-state index contributed by atoms with van der Waals surface area (Å²) in [7, 11) is 1.35. The number of hydrogen-bond donors (Lipinski definition) is 1. The van der Waals surface area contributed by atoms with Gasteiger partial charge in [-0.3, -0.25) is 9.69 Å². The van der Waals surface area contributed by atoms with E-state index >= 15 is 0 Å². The molecule has 6 aliphatic rings. The first-order valence-corrected chi connectivity index (χ1v) is 20.1. The van der Waals surface area contributed by atoms with E-state index in [-0.39, 0.29) is 24.8 Å². The number of methoxy groups -OCH3 is 1. The molecule has 3 unspecified atom stereocenters. The van der Waals surface area contributed by atoms with Gasteiger partial charge in [0.25, 0.3) is 0 Å². The molecule has 5 aliphatic heterocycles. The quantitative estimate of drug-likeness (QED) is 0.153. The fourth-order valence-electron chi connectivity index (χ4n) is 9.43. The fourth-order valence-corrected chi connectivity index (χ4v) is 9.84. The van der Waals surface area contributed by atoms with Crippen molar-refractivity contribution in [1.82, 2.24) is 15.1 Å². The number of anilines is 1. The van der Waals surface area contributed by atoms with Crippen molar-refractivity contribution < 1.29 is 33.6 Å². The number of nitrogens with zero attached hydrogens (tertiary/aromatic N) is 3. The van der Waals surface area contributed by atoms with Crippen LogP contribution in [-0.2, 0) is 40.0 Å². The van der Waals surface area contributed by atoms with Crippen molar-refractivity contribution in [3.63, 3.8) is 0 Å². The van der Waals surface area contributed by atoms with Crippen molar-refractivity contribution in [2.24, 2.45) is 23.7 Å². The number of amides is 1. The second-order valence-corrected chi connectivity index (χ2v) is 16.3. The average molecular weight is 754 g/mol.